The Labute approximate surface area is 166 Å². The van der Waals surface area contributed by atoms with Gasteiger partial charge in [-0.25, -0.2) is 0 Å². The van der Waals surface area contributed by atoms with Crippen molar-refractivity contribution in [3.63, 3.8) is 0 Å². The number of pyridine rings is 1. The summed E-state index contributed by atoms with van der Waals surface area (Å²) in [6, 6.07) is 13.8. The van der Waals surface area contributed by atoms with Gasteiger partial charge < -0.3 is 5.32 Å². The van der Waals surface area contributed by atoms with E-state index in [1.807, 2.05) is 64.6 Å². The molecule has 0 spiro atoms. The van der Waals surface area contributed by atoms with E-state index in [-0.39, 0.29) is 11.7 Å². The van der Waals surface area contributed by atoms with E-state index in [0.717, 1.165) is 17.2 Å². The second-order valence-electron chi connectivity index (χ2n) is 6.25. The largest absolute Gasteiger partial charge is 0.355 e. The van der Waals surface area contributed by atoms with E-state index >= 15 is 0 Å². The molecule has 1 N–H and O–H groups in total. The lowest BCUT2D eigenvalue weighted by molar-refractivity contribution is -0.118. The molecule has 28 heavy (non-hydrogen) atoms. The highest BCUT2D eigenvalue weighted by molar-refractivity contribution is 7.99. The van der Waals surface area contributed by atoms with Crippen molar-refractivity contribution in [2.24, 2.45) is 0 Å². The second kappa shape index (κ2) is 8.22. The average molecular weight is 393 g/mol. The average Bonchev–Trinajstić information content (AvgIpc) is 3.34. The van der Waals surface area contributed by atoms with Crippen LogP contribution in [0.15, 0.2) is 60.1 Å². The maximum atomic E-state index is 12.2. The molecule has 0 unspecified atom stereocenters. The van der Waals surface area contributed by atoms with Gasteiger partial charge in [0, 0.05) is 24.8 Å². The number of fused-ring (bicyclic) bond motifs is 1. The first-order chi connectivity index (χ1) is 13.7. The maximum Gasteiger partial charge on any atom is 0.230 e. The molecule has 3 heterocycles. The van der Waals surface area contributed by atoms with Crippen LogP contribution in [0.5, 0.6) is 0 Å². The lowest BCUT2D eigenvalue weighted by Crippen LogP contribution is -2.27. The molecular weight excluding hydrogens is 374 g/mol. The Balaban J connectivity index is 1.29. The fourth-order valence-corrected chi connectivity index (χ4v) is 3.52. The van der Waals surface area contributed by atoms with E-state index in [9.17, 15) is 4.79 Å². The molecule has 0 aliphatic carbocycles. The van der Waals surface area contributed by atoms with Crippen LogP contribution in [0.3, 0.4) is 0 Å². The highest BCUT2D eigenvalue weighted by Gasteiger charge is 2.11. The number of rotatable bonds is 7. The van der Waals surface area contributed by atoms with Gasteiger partial charge in [0.2, 0.25) is 5.91 Å². The zero-order valence-electron chi connectivity index (χ0n) is 15.3. The SMILES string of the molecule is Cc1ccc(-n2cnnc2SCC(=O)NCCc2nnc3ccccn23)cc1. The normalized spacial score (nSPS) is 11.0. The lowest BCUT2D eigenvalue weighted by atomic mass is 10.2. The Kier molecular flexibility index (Phi) is 5.34. The minimum atomic E-state index is -0.0581. The number of aromatic nitrogens is 6. The van der Waals surface area contributed by atoms with Gasteiger partial charge >= 0.3 is 0 Å². The third kappa shape index (κ3) is 4.04. The van der Waals surface area contributed by atoms with Crippen molar-refractivity contribution in [2.75, 3.05) is 12.3 Å². The van der Waals surface area contributed by atoms with E-state index in [1.165, 1.54) is 17.3 Å². The molecule has 0 saturated carbocycles. The molecule has 0 atom stereocenters. The van der Waals surface area contributed by atoms with Gasteiger partial charge in [-0.1, -0.05) is 35.5 Å². The molecule has 1 amide bonds. The maximum absolute atomic E-state index is 12.2. The minimum Gasteiger partial charge on any atom is -0.355 e. The highest BCUT2D eigenvalue weighted by atomic mass is 32.2. The van der Waals surface area contributed by atoms with Crippen molar-refractivity contribution >= 4 is 23.3 Å². The number of aryl methyl sites for hydroxylation is 1. The Morgan fingerprint density at radius 3 is 2.82 bits per heavy atom. The molecule has 9 heteroatoms. The van der Waals surface area contributed by atoms with Crippen molar-refractivity contribution in [1.29, 1.82) is 0 Å². The van der Waals surface area contributed by atoms with Crippen molar-refractivity contribution < 1.29 is 4.79 Å². The standard InChI is InChI=1S/C19H19N7OS/c1-14-5-7-15(8-6-14)26-13-21-24-19(26)28-12-18(27)20-10-9-17-23-22-16-4-2-3-11-25(16)17/h2-8,11,13H,9-10,12H2,1H3,(H,20,27). The van der Waals surface area contributed by atoms with Crippen LogP contribution in [0.2, 0.25) is 0 Å². The first kappa shape index (κ1) is 18.2. The predicted octanol–water partition coefficient (Wildman–Crippen LogP) is 2.07. The summed E-state index contributed by atoms with van der Waals surface area (Å²) in [6.45, 7) is 2.54. The number of benzene rings is 1. The third-order valence-corrected chi connectivity index (χ3v) is 5.16. The van der Waals surface area contributed by atoms with Gasteiger partial charge in [-0.3, -0.25) is 13.8 Å². The third-order valence-electron chi connectivity index (χ3n) is 4.22. The van der Waals surface area contributed by atoms with Crippen LogP contribution in [0.1, 0.15) is 11.4 Å². The molecule has 0 aliphatic rings. The van der Waals surface area contributed by atoms with Gasteiger partial charge in [0.15, 0.2) is 10.8 Å². The number of carbonyl (C=O) groups excluding carboxylic acids is 1. The Bertz CT molecular complexity index is 1090. The molecule has 4 aromatic rings. The molecule has 3 aromatic heterocycles. The van der Waals surface area contributed by atoms with Gasteiger partial charge in [0.1, 0.15) is 12.2 Å². The number of nitrogens with zero attached hydrogens (tertiary/aromatic N) is 6. The zero-order chi connectivity index (χ0) is 19.3. The van der Waals surface area contributed by atoms with E-state index in [2.05, 4.69) is 25.7 Å². The summed E-state index contributed by atoms with van der Waals surface area (Å²) in [5.41, 5.74) is 2.96. The Hall–Kier alpha value is -3.20. The summed E-state index contributed by atoms with van der Waals surface area (Å²) < 4.78 is 3.80. The molecule has 142 valence electrons. The molecule has 0 bridgehead atoms. The fraction of sp³-hybridized carbons (Fsp3) is 0.211. The van der Waals surface area contributed by atoms with Crippen LogP contribution in [-0.4, -0.2) is 47.6 Å². The van der Waals surface area contributed by atoms with Crippen LogP contribution in [-0.2, 0) is 11.2 Å². The van der Waals surface area contributed by atoms with Crippen molar-refractivity contribution in [3.05, 3.63) is 66.4 Å². The molecular formula is C19H19N7OS. The molecule has 0 aliphatic heterocycles. The number of hydrogen-bond acceptors (Lipinski definition) is 6. The smallest absolute Gasteiger partial charge is 0.230 e. The van der Waals surface area contributed by atoms with Crippen LogP contribution in [0.25, 0.3) is 11.3 Å². The van der Waals surface area contributed by atoms with Gasteiger partial charge in [-0.05, 0) is 31.2 Å². The number of nitrogens with one attached hydrogen (secondary N) is 1. The van der Waals surface area contributed by atoms with Gasteiger partial charge in [0.05, 0.1) is 5.75 Å². The summed E-state index contributed by atoms with van der Waals surface area (Å²) >= 11 is 1.36. The van der Waals surface area contributed by atoms with E-state index in [0.29, 0.717) is 18.1 Å². The Morgan fingerprint density at radius 1 is 1.11 bits per heavy atom. The van der Waals surface area contributed by atoms with Crippen LogP contribution in [0, 0.1) is 6.92 Å². The summed E-state index contributed by atoms with van der Waals surface area (Å²) in [5.74, 6) is 1.03. The van der Waals surface area contributed by atoms with Crippen LogP contribution in [0.4, 0.5) is 0 Å². The summed E-state index contributed by atoms with van der Waals surface area (Å²) in [7, 11) is 0. The molecule has 0 fully saturated rings. The monoisotopic (exact) mass is 393 g/mol. The summed E-state index contributed by atoms with van der Waals surface area (Å²) in [4.78, 5) is 12.2. The molecule has 4 rings (SSSR count). The number of carbonyl (C=O) groups is 1. The van der Waals surface area contributed by atoms with Crippen LogP contribution < -0.4 is 5.32 Å². The number of thioether (sulfide) groups is 1. The number of amides is 1. The molecule has 1 aromatic carbocycles. The highest BCUT2D eigenvalue weighted by Crippen LogP contribution is 2.19. The molecule has 0 saturated heterocycles. The summed E-state index contributed by atoms with van der Waals surface area (Å²) in [6.07, 6.45) is 4.18. The summed E-state index contributed by atoms with van der Waals surface area (Å²) in [5, 5.41) is 20.0. The topological polar surface area (TPSA) is 90.0 Å². The van der Waals surface area contributed by atoms with E-state index in [4.69, 9.17) is 0 Å². The second-order valence-corrected chi connectivity index (χ2v) is 7.20. The van der Waals surface area contributed by atoms with E-state index in [1.54, 1.807) is 6.33 Å². The first-order valence-corrected chi connectivity index (χ1v) is 9.84. The molecule has 8 nitrogen and oxygen atoms in total. The van der Waals surface area contributed by atoms with Gasteiger partial charge in [-0.15, -0.1) is 20.4 Å². The van der Waals surface area contributed by atoms with Gasteiger partial charge in [-0.2, -0.15) is 0 Å². The Morgan fingerprint density at radius 2 is 1.96 bits per heavy atom. The first-order valence-electron chi connectivity index (χ1n) is 8.86. The minimum absolute atomic E-state index is 0.0581. The predicted molar refractivity (Wildman–Crippen MR) is 107 cm³/mol. The number of hydrogen-bond donors (Lipinski definition) is 1. The van der Waals surface area contributed by atoms with Crippen molar-refractivity contribution in [3.8, 4) is 5.69 Å². The fourth-order valence-electron chi connectivity index (χ4n) is 2.76. The molecule has 0 radical (unpaired) electrons. The zero-order valence-corrected chi connectivity index (χ0v) is 16.1. The van der Waals surface area contributed by atoms with Gasteiger partial charge in [0.25, 0.3) is 0 Å². The quantitative estimate of drug-likeness (QED) is 0.484. The van der Waals surface area contributed by atoms with Crippen molar-refractivity contribution in [1.82, 2.24) is 34.7 Å². The lowest BCUT2D eigenvalue weighted by Gasteiger charge is -2.07. The van der Waals surface area contributed by atoms with E-state index < -0.39 is 0 Å². The van der Waals surface area contributed by atoms with Crippen LogP contribution >= 0.6 is 11.8 Å². The van der Waals surface area contributed by atoms with Crippen molar-refractivity contribution in [2.45, 2.75) is 18.5 Å².